The predicted molar refractivity (Wildman–Crippen MR) is 72.7 cm³/mol. The first kappa shape index (κ1) is 12.6. The lowest BCUT2D eigenvalue weighted by Crippen LogP contribution is -1.97. The highest BCUT2D eigenvalue weighted by molar-refractivity contribution is 5.32. The fourth-order valence-corrected chi connectivity index (χ4v) is 1.63. The molecular weight excluding hydrogens is 224 g/mol. The van der Waals surface area contributed by atoms with E-state index in [1.165, 1.54) is 5.56 Å². The molecular formula is C15H18N2O. The van der Waals surface area contributed by atoms with Gasteiger partial charge in [-0.1, -0.05) is 32.0 Å². The lowest BCUT2D eigenvalue weighted by atomic mass is 10.0. The number of pyridine rings is 1. The number of hydrogen-bond donors (Lipinski definition) is 1. The number of nitrogens with zero attached hydrogens (tertiary/aromatic N) is 1. The van der Waals surface area contributed by atoms with Gasteiger partial charge in [0, 0.05) is 18.8 Å². The summed E-state index contributed by atoms with van der Waals surface area (Å²) in [5.41, 5.74) is 7.81. The molecule has 0 aliphatic heterocycles. The van der Waals surface area contributed by atoms with Gasteiger partial charge in [0.25, 0.3) is 0 Å². The molecule has 1 aromatic carbocycles. The number of hydrogen-bond acceptors (Lipinski definition) is 3. The average molecular weight is 242 g/mol. The van der Waals surface area contributed by atoms with Crippen molar-refractivity contribution in [3.8, 4) is 11.6 Å². The smallest absolute Gasteiger partial charge is 0.219 e. The number of benzene rings is 1. The summed E-state index contributed by atoms with van der Waals surface area (Å²) in [4.78, 5) is 4.20. The predicted octanol–water partition coefficient (Wildman–Crippen LogP) is 3.46. The Hall–Kier alpha value is -1.87. The molecule has 0 fully saturated rings. The van der Waals surface area contributed by atoms with E-state index in [9.17, 15) is 0 Å². The monoisotopic (exact) mass is 242 g/mol. The molecule has 0 amide bonds. The van der Waals surface area contributed by atoms with E-state index >= 15 is 0 Å². The topological polar surface area (TPSA) is 48.1 Å². The summed E-state index contributed by atoms with van der Waals surface area (Å²) in [5.74, 6) is 1.91. The van der Waals surface area contributed by atoms with E-state index < -0.39 is 0 Å². The van der Waals surface area contributed by atoms with Gasteiger partial charge in [0.2, 0.25) is 5.88 Å². The molecule has 0 spiro atoms. The van der Waals surface area contributed by atoms with Crippen LogP contribution in [0.3, 0.4) is 0 Å². The quantitative estimate of drug-likeness (QED) is 0.893. The molecule has 1 heterocycles. The molecule has 0 aliphatic rings. The Morgan fingerprint density at radius 1 is 1.11 bits per heavy atom. The van der Waals surface area contributed by atoms with Crippen molar-refractivity contribution in [1.82, 2.24) is 4.98 Å². The third-order valence-electron chi connectivity index (χ3n) is 2.80. The standard InChI is InChI=1S/C15H18N2O/c1-11(2)13-4-6-14(7-5-13)18-15-8-3-12(9-16)10-17-15/h3-8,10-11H,9,16H2,1-2H3. The zero-order valence-electron chi connectivity index (χ0n) is 10.8. The minimum absolute atomic E-state index is 0.496. The van der Waals surface area contributed by atoms with Crippen molar-refractivity contribution in [1.29, 1.82) is 0 Å². The van der Waals surface area contributed by atoms with E-state index in [0.717, 1.165) is 11.3 Å². The summed E-state index contributed by atoms with van der Waals surface area (Å²) in [6, 6.07) is 11.8. The number of nitrogens with two attached hydrogens (primary N) is 1. The molecule has 1 aromatic heterocycles. The molecule has 0 saturated carbocycles. The Morgan fingerprint density at radius 2 is 1.83 bits per heavy atom. The second-order valence-corrected chi connectivity index (χ2v) is 4.53. The summed E-state index contributed by atoms with van der Waals surface area (Å²) in [6.07, 6.45) is 1.73. The van der Waals surface area contributed by atoms with E-state index in [-0.39, 0.29) is 0 Å². The van der Waals surface area contributed by atoms with Crippen molar-refractivity contribution in [2.24, 2.45) is 5.73 Å². The van der Waals surface area contributed by atoms with Crippen molar-refractivity contribution < 1.29 is 4.74 Å². The fourth-order valence-electron chi connectivity index (χ4n) is 1.63. The van der Waals surface area contributed by atoms with Gasteiger partial charge in [0.05, 0.1) is 0 Å². The largest absolute Gasteiger partial charge is 0.439 e. The molecule has 2 N–H and O–H groups in total. The van der Waals surface area contributed by atoms with Crippen molar-refractivity contribution in [3.63, 3.8) is 0 Å². The van der Waals surface area contributed by atoms with E-state index in [1.54, 1.807) is 6.20 Å². The third kappa shape index (κ3) is 3.08. The van der Waals surface area contributed by atoms with Crippen LogP contribution in [0.1, 0.15) is 30.9 Å². The van der Waals surface area contributed by atoms with Gasteiger partial charge >= 0.3 is 0 Å². The summed E-state index contributed by atoms with van der Waals surface area (Å²) < 4.78 is 5.66. The summed E-state index contributed by atoms with van der Waals surface area (Å²) in [6.45, 7) is 4.84. The van der Waals surface area contributed by atoms with Crippen LogP contribution in [-0.4, -0.2) is 4.98 Å². The molecule has 0 bridgehead atoms. The molecule has 2 rings (SSSR count). The Labute approximate surface area is 108 Å². The Morgan fingerprint density at radius 3 is 2.33 bits per heavy atom. The Balaban J connectivity index is 2.08. The maximum Gasteiger partial charge on any atom is 0.219 e. The lowest BCUT2D eigenvalue weighted by molar-refractivity contribution is 0.462. The van der Waals surface area contributed by atoms with E-state index in [4.69, 9.17) is 10.5 Å². The normalized spacial score (nSPS) is 10.7. The highest BCUT2D eigenvalue weighted by Gasteiger charge is 2.01. The molecule has 18 heavy (non-hydrogen) atoms. The number of ether oxygens (including phenoxy) is 1. The molecule has 2 aromatic rings. The Kier molecular flexibility index (Phi) is 3.95. The van der Waals surface area contributed by atoms with Crippen molar-refractivity contribution in [3.05, 3.63) is 53.7 Å². The highest BCUT2D eigenvalue weighted by Crippen LogP contribution is 2.22. The minimum atomic E-state index is 0.496. The van der Waals surface area contributed by atoms with E-state index in [0.29, 0.717) is 18.3 Å². The van der Waals surface area contributed by atoms with E-state index in [1.807, 2.05) is 24.3 Å². The summed E-state index contributed by atoms with van der Waals surface area (Å²) >= 11 is 0. The van der Waals surface area contributed by atoms with Crippen molar-refractivity contribution in [2.75, 3.05) is 0 Å². The van der Waals surface area contributed by atoms with Gasteiger partial charge in [-0.2, -0.15) is 0 Å². The zero-order chi connectivity index (χ0) is 13.0. The van der Waals surface area contributed by atoms with Gasteiger partial charge in [-0.15, -0.1) is 0 Å². The van der Waals surface area contributed by atoms with Crippen LogP contribution < -0.4 is 10.5 Å². The molecule has 0 saturated heterocycles. The SMILES string of the molecule is CC(C)c1ccc(Oc2ccc(CN)cn2)cc1. The first-order valence-electron chi connectivity index (χ1n) is 6.12. The van der Waals surface area contributed by atoms with Crippen LogP contribution >= 0.6 is 0 Å². The second kappa shape index (κ2) is 5.65. The molecule has 3 heteroatoms. The summed E-state index contributed by atoms with van der Waals surface area (Å²) in [7, 11) is 0. The maximum atomic E-state index is 5.66. The van der Waals surface area contributed by atoms with Crippen LogP contribution in [-0.2, 0) is 6.54 Å². The highest BCUT2D eigenvalue weighted by atomic mass is 16.5. The molecule has 0 atom stereocenters. The number of aromatic nitrogens is 1. The maximum absolute atomic E-state index is 5.66. The van der Waals surface area contributed by atoms with Crippen LogP contribution in [0.5, 0.6) is 11.6 Å². The van der Waals surface area contributed by atoms with Crippen LogP contribution in [0, 0.1) is 0 Å². The van der Waals surface area contributed by atoms with Gasteiger partial charge in [-0.05, 0) is 29.2 Å². The first-order valence-corrected chi connectivity index (χ1v) is 6.12. The van der Waals surface area contributed by atoms with Crippen LogP contribution in [0.15, 0.2) is 42.6 Å². The molecule has 0 aliphatic carbocycles. The van der Waals surface area contributed by atoms with Crippen LogP contribution in [0.25, 0.3) is 0 Å². The molecule has 0 radical (unpaired) electrons. The van der Waals surface area contributed by atoms with Gasteiger partial charge < -0.3 is 10.5 Å². The van der Waals surface area contributed by atoms with Crippen LogP contribution in [0.2, 0.25) is 0 Å². The number of rotatable bonds is 4. The average Bonchev–Trinajstić information content (AvgIpc) is 2.40. The van der Waals surface area contributed by atoms with Crippen molar-refractivity contribution in [2.45, 2.75) is 26.3 Å². The van der Waals surface area contributed by atoms with E-state index in [2.05, 4.69) is 31.0 Å². The van der Waals surface area contributed by atoms with Gasteiger partial charge in [0.1, 0.15) is 5.75 Å². The third-order valence-corrected chi connectivity index (χ3v) is 2.80. The van der Waals surface area contributed by atoms with Gasteiger partial charge in [0.15, 0.2) is 0 Å². The Bertz CT molecular complexity index is 489. The van der Waals surface area contributed by atoms with Crippen LogP contribution in [0.4, 0.5) is 0 Å². The minimum Gasteiger partial charge on any atom is -0.439 e. The lowest BCUT2D eigenvalue weighted by Gasteiger charge is -2.08. The first-order chi connectivity index (χ1) is 8.69. The summed E-state index contributed by atoms with van der Waals surface area (Å²) in [5, 5.41) is 0. The van der Waals surface area contributed by atoms with Crippen molar-refractivity contribution >= 4 is 0 Å². The zero-order valence-corrected chi connectivity index (χ0v) is 10.8. The fraction of sp³-hybridized carbons (Fsp3) is 0.267. The molecule has 0 unspecified atom stereocenters. The second-order valence-electron chi connectivity index (χ2n) is 4.53. The molecule has 94 valence electrons. The molecule has 3 nitrogen and oxygen atoms in total. The van der Waals surface area contributed by atoms with Gasteiger partial charge in [-0.25, -0.2) is 4.98 Å². The van der Waals surface area contributed by atoms with Gasteiger partial charge in [-0.3, -0.25) is 0 Å².